The van der Waals surface area contributed by atoms with Gasteiger partial charge in [0.25, 0.3) is 0 Å². The second-order valence-corrected chi connectivity index (χ2v) is 5.00. The van der Waals surface area contributed by atoms with Crippen LogP contribution in [0.3, 0.4) is 0 Å². The van der Waals surface area contributed by atoms with Gasteiger partial charge in [-0.05, 0) is 37.3 Å². The summed E-state index contributed by atoms with van der Waals surface area (Å²) in [5.41, 5.74) is 1.73. The summed E-state index contributed by atoms with van der Waals surface area (Å²) < 4.78 is 0. The van der Waals surface area contributed by atoms with Crippen LogP contribution >= 0.6 is 11.3 Å². The highest BCUT2D eigenvalue weighted by Crippen LogP contribution is 2.16. The average Bonchev–Trinajstić information content (AvgIpc) is 2.74. The molecule has 0 aliphatic heterocycles. The number of hydrogen-bond acceptors (Lipinski definition) is 5. The zero-order valence-electron chi connectivity index (χ0n) is 10.4. The smallest absolute Gasteiger partial charge is 0.146 e. The lowest BCUT2D eigenvalue weighted by Crippen LogP contribution is -2.07. The zero-order chi connectivity index (χ0) is 13.0. The first kappa shape index (κ1) is 12.5. The Hall–Kier alpha value is -1.93. The lowest BCUT2D eigenvalue weighted by Gasteiger charge is -2.06. The van der Waals surface area contributed by atoms with Crippen LogP contribution in [0.15, 0.2) is 17.5 Å². The van der Waals surface area contributed by atoms with E-state index in [4.69, 9.17) is 5.26 Å². The maximum atomic E-state index is 8.83. The molecule has 0 amide bonds. The molecule has 2 rings (SSSR count). The molecule has 0 aromatic carbocycles. The molecule has 0 spiro atoms. The van der Waals surface area contributed by atoms with E-state index >= 15 is 0 Å². The second kappa shape index (κ2) is 5.61. The van der Waals surface area contributed by atoms with Crippen LogP contribution in [-0.4, -0.2) is 16.5 Å². The predicted octanol–water partition coefficient (Wildman–Crippen LogP) is 2.68. The van der Waals surface area contributed by atoms with Crippen LogP contribution in [0.5, 0.6) is 0 Å². The summed E-state index contributed by atoms with van der Waals surface area (Å²) >= 11 is 1.77. The van der Waals surface area contributed by atoms with Gasteiger partial charge in [0.2, 0.25) is 0 Å². The number of aryl methyl sites for hydroxylation is 2. The highest BCUT2D eigenvalue weighted by Gasteiger charge is 2.02. The maximum absolute atomic E-state index is 8.83. The van der Waals surface area contributed by atoms with Crippen LogP contribution < -0.4 is 5.32 Å². The van der Waals surface area contributed by atoms with Crippen molar-refractivity contribution in [2.75, 3.05) is 11.9 Å². The minimum absolute atomic E-state index is 0.400. The molecule has 0 unspecified atom stereocenters. The van der Waals surface area contributed by atoms with Crippen molar-refractivity contribution >= 4 is 17.2 Å². The fourth-order valence-electron chi connectivity index (χ4n) is 1.68. The van der Waals surface area contributed by atoms with Gasteiger partial charge in [0.15, 0.2) is 0 Å². The van der Waals surface area contributed by atoms with E-state index < -0.39 is 0 Å². The summed E-state index contributed by atoms with van der Waals surface area (Å²) in [5.74, 6) is 1.33. The third-order valence-electron chi connectivity index (χ3n) is 2.58. The summed E-state index contributed by atoms with van der Waals surface area (Å²) in [6.45, 7) is 4.71. The quantitative estimate of drug-likeness (QED) is 0.916. The molecular weight excluding hydrogens is 244 g/mol. The van der Waals surface area contributed by atoms with E-state index in [2.05, 4.69) is 33.7 Å². The van der Waals surface area contributed by atoms with Gasteiger partial charge in [-0.15, -0.1) is 11.3 Å². The molecule has 5 heteroatoms. The Morgan fingerprint density at radius 3 is 2.89 bits per heavy atom. The van der Waals surface area contributed by atoms with Crippen molar-refractivity contribution in [1.29, 1.82) is 5.26 Å². The standard InChI is InChI=1S/C13H14N4S/c1-9-4-6-18-12(9)3-5-15-13-7-11(8-14)16-10(2)17-13/h4,6-7H,3,5H2,1-2H3,(H,15,16,17). The van der Waals surface area contributed by atoms with Gasteiger partial charge in [0.05, 0.1) is 0 Å². The summed E-state index contributed by atoms with van der Waals surface area (Å²) in [6, 6.07) is 5.83. The first-order valence-electron chi connectivity index (χ1n) is 5.71. The van der Waals surface area contributed by atoms with Crippen molar-refractivity contribution in [2.24, 2.45) is 0 Å². The zero-order valence-corrected chi connectivity index (χ0v) is 11.2. The van der Waals surface area contributed by atoms with Crippen LogP contribution in [-0.2, 0) is 6.42 Å². The van der Waals surface area contributed by atoms with Gasteiger partial charge in [-0.25, -0.2) is 9.97 Å². The monoisotopic (exact) mass is 258 g/mol. The topological polar surface area (TPSA) is 61.6 Å². The van der Waals surface area contributed by atoms with E-state index in [1.54, 1.807) is 24.3 Å². The second-order valence-electron chi connectivity index (χ2n) is 4.00. The third-order valence-corrected chi connectivity index (χ3v) is 3.66. The first-order valence-corrected chi connectivity index (χ1v) is 6.59. The van der Waals surface area contributed by atoms with E-state index in [1.807, 2.05) is 6.07 Å². The molecular formula is C13H14N4S. The van der Waals surface area contributed by atoms with Gasteiger partial charge < -0.3 is 5.32 Å². The molecule has 92 valence electrons. The molecule has 0 radical (unpaired) electrons. The van der Waals surface area contributed by atoms with E-state index in [0.717, 1.165) is 13.0 Å². The number of hydrogen-bond donors (Lipinski definition) is 1. The molecule has 0 saturated carbocycles. The lowest BCUT2D eigenvalue weighted by atomic mass is 10.2. The number of thiophene rings is 1. The highest BCUT2D eigenvalue weighted by molar-refractivity contribution is 7.10. The Labute approximate surface area is 110 Å². The average molecular weight is 258 g/mol. The molecule has 0 bridgehead atoms. The van der Waals surface area contributed by atoms with Crippen molar-refractivity contribution in [2.45, 2.75) is 20.3 Å². The summed E-state index contributed by atoms with van der Waals surface area (Å²) in [5, 5.41) is 14.2. The first-order chi connectivity index (χ1) is 8.69. The normalized spacial score (nSPS) is 10.1. The van der Waals surface area contributed by atoms with Gasteiger partial charge in [0.1, 0.15) is 23.4 Å². The third kappa shape index (κ3) is 3.05. The van der Waals surface area contributed by atoms with Gasteiger partial charge in [-0.2, -0.15) is 5.26 Å². The molecule has 18 heavy (non-hydrogen) atoms. The van der Waals surface area contributed by atoms with Crippen molar-refractivity contribution in [3.63, 3.8) is 0 Å². The molecule has 0 saturated heterocycles. The predicted molar refractivity (Wildman–Crippen MR) is 72.7 cm³/mol. The van der Waals surface area contributed by atoms with Crippen molar-refractivity contribution in [3.05, 3.63) is 39.5 Å². The van der Waals surface area contributed by atoms with Crippen LogP contribution in [0.1, 0.15) is 22.0 Å². The van der Waals surface area contributed by atoms with Gasteiger partial charge in [0, 0.05) is 17.5 Å². The highest BCUT2D eigenvalue weighted by atomic mass is 32.1. The number of rotatable bonds is 4. The fraction of sp³-hybridized carbons (Fsp3) is 0.308. The Morgan fingerprint density at radius 2 is 2.22 bits per heavy atom. The van der Waals surface area contributed by atoms with Gasteiger partial charge >= 0.3 is 0 Å². The van der Waals surface area contributed by atoms with Crippen molar-refractivity contribution in [1.82, 2.24) is 9.97 Å². The number of nitrogens with zero attached hydrogens (tertiary/aromatic N) is 3. The van der Waals surface area contributed by atoms with Crippen molar-refractivity contribution in [3.8, 4) is 6.07 Å². The molecule has 1 N–H and O–H groups in total. The number of nitriles is 1. The van der Waals surface area contributed by atoms with Crippen molar-refractivity contribution < 1.29 is 0 Å². The number of nitrogens with one attached hydrogen (secondary N) is 1. The van der Waals surface area contributed by atoms with Crippen LogP contribution in [0.2, 0.25) is 0 Å². The summed E-state index contributed by atoms with van der Waals surface area (Å²) in [7, 11) is 0. The molecule has 4 nitrogen and oxygen atoms in total. The van der Waals surface area contributed by atoms with Gasteiger partial charge in [-0.3, -0.25) is 0 Å². The van der Waals surface area contributed by atoms with Crippen LogP contribution in [0.4, 0.5) is 5.82 Å². The molecule has 0 aliphatic rings. The van der Waals surface area contributed by atoms with Gasteiger partial charge in [-0.1, -0.05) is 0 Å². The van der Waals surface area contributed by atoms with E-state index in [9.17, 15) is 0 Å². The molecule has 0 fully saturated rings. The number of anilines is 1. The molecule has 2 aromatic heterocycles. The largest absolute Gasteiger partial charge is 0.370 e. The minimum Gasteiger partial charge on any atom is -0.370 e. The Morgan fingerprint density at radius 1 is 1.39 bits per heavy atom. The Balaban J connectivity index is 1.97. The Kier molecular flexibility index (Phi) is 3.90. The summed E-state index contributed by atoms with van der Waals surface area (Å²) in [6.07, 6.45) is 0.967. The molecule has 2 aromatic rings. The molecule has 0 aliphatic carbocycles. The van der Waals surface area contributed by atoms with Crippen LogP contribution in [0, 0.1) is 25.2 Å². The lowest BCUT2D eigenvalue weighted by molar-refractivity contribution is 0.982. The maximum Gasteiger partial charge on any atom is 0.146 e. The Bertz CT molecular complexity index is 583. The van der Waals surface area contributed by atoms with E-state index in [-0.39, 0.29) is 0 Å². The summed E-state index contributed by atoms with van der Waals surface area (Å²) in [4.78, 5) is 9.65. The molecule has 0 atom stereocenters. The number of aromatic nitrogens is 2. The van der Waals surface area contributed by atoms with E-state index in [0.29, 0.717) is 17.3 Å². The van der Waals surface area contributed by atoms with Crippen LogP contribution in [0.25, 0.3) is 0 Å². The SMILES string of the molecule is Cc1nc(C#N)cc(NCCc2sccc2C)n1. The van der Waals surface area contributed by atoms with E-state index in [1.165, 1.54) is 10.4 Å². The minimum atomic E-state index is 0.400. The molecule has 2 heterocycles. The fourth-order valence-corrected chi connectivity index (χ4v) is 2.59.